The van der Waals surface area contributed by atoms with Crippen molar-refractivity contribution in [3.05, 3.63) is 49.0 Å². The number of aromatic nitrogens is 4. The van der Waals surface area contributed by atoms with Crippen molar-refractivity contribution >= 4 is 32.2 Å². The lowest BCUT2D eigenvalue weighted by molar-refractivity contribution is 0.468. The molecular weight excluding hydrogens is 371 g/mol. The molecule has 22 heavy (non-hydrogen) atoms. The summed E-state index contributed by atoms with van der Waals surface area (Å²) in [6.07, 6.45) is 0.748. The van der Waals surface area contributed by atoms with Crippen LogP contribution in [0.3, 0.4) is 0 Å². The highest BCUT2D eigenvalue weighted by atomic mass is 79.9. The molecule has 0 saturated carbocycles. The number of halogens is 2. The van der Waals surface area contributed by atoms with E-state index in [2.05, 4.69) is 26.0 Å². The van der Waals surface area contributed by atoms with E-state index in [4.69, 9.17) is 0 Å². The third kappa shape index (κ3) is 2.61. The van der Waals surface area contributed by atoms with Crippen LogP contribution in [0.1, 0.15) is 28.9 Å². The molecule has 3 heterocycles. The normalized spacial score (nSPS) is 11.5. The maximum Gasteiger partial charge on any atom is 0.259 e. The number of thiazole rings is 1. The van der Waals surface area contributed by atoms with Crippen molar-refractivity contribution in [1.29, 1.82) is 0 Å². The number of alkyl halides is 1. The van der Waals surface area contributed by atoms with Gasteiger partial charge in [-0.2, -0.15) is 5.10 Å². The molecule has 0 saturated heterocycles. The van der Waals surface area contributed by atoms with Crippen LogP contribution in [0.5, 0.6) is 0 Å². The third-order valence-corrected chi connectivity index (χ3v) is 5.56. The number of fused-ring (bicyclic) bond motifs is 1. The molecule has 3 aromatic rings. The Morgan fingerprint density at radius 2 is 2.14 bits per heavy atom. The fourth-order valence-corrected chi connectivity index (χ4v) is 3.92. The molecule has 0 spiro atoms. The Morgan fingerprint density at radius 1 is 1.36 bits per heavy atom. The SMILES string of the molecule is CCc1cc(CF)nn1Cc1cc(=O)n2c(Br)c(C)sc2n1. The second-order valence-corrected chi connectivity index (χ2v) is 6.86. The predicted octanol–water partition coefficient (Wildman–Crippen LogP) is 3.10. The molecule has 116 valence electrons. The van der Waals surface area contributed by atoms with Crippen molar-refractivity contribution in [2.75, 3.05) is 0 Å². The molecule has 0 amide bonds. The molecule has 0 aliphatic carbocycles. The Bertz CT molecular complexity index is 898. The first kappa shape index (κ1) is 15.4. The first-order valence-electron chi connectivity index (χ1n) is 6.82. The van der Waals surface area contributed by atoms with Crippen LogP contribution in [-0.2, 0) is 19.6 Å². The quantitative estimate of drug-likeness (QED) is 0.694. The summed E-state index contributed by atoms with van der Waals surface area (Å²) in [5.41, 5.74) is 1.83. The number of rotatable bonds is 4. The molecule has 8 heteroatoms. The number of nitrogens with zero attached hydrogens (tertiary/aromatic N) is 4. The summed E-state index contributed by atoms with van der Waals surface area (Å²) in [5.74, 6) is 0. The van der Waals surface area contributed by atoms with Gasteiger partial charge in [0.1, 0.15) is 11.3 Å². The van der Waals surface area contributed by atoms with Gasteiger partial charge in [0.05, 0.1) is 17.9 Å². The first-order chi connectivity index (χ1) is 10.5. The van der Waals surface area contributed by atoms with Crippen LogP contribution in [0.15, 0.2) is 21.5 Å². The van der Waals surface area contributed by atoms with Crippen LogP contribution >= 0.6 is 27.3 Å². The molecule has 0 unspecified atom stereocenters. The zero-order chi connectivity index (χ0) is 15.9. The van der Waals surface area contributed by atoms with E-state index in [1.807, 2.05) is 13.8 Å². The summed E-state index contributed by atoms with van der Waals surface area (Å²) in [6.45, 7) is 3.69. The van der Waals surface area contributed by atoms with Gasteiger partial charge in [-0.25, -0.2) is 13.8 Å². The molecule has 0 atom stereocenters. The average molecular weight is 385 g/mol. The monoisotopic (exact) mass is 384 g/mol. The molecule has 0 aliphatic heterocycles. The summed E-state index contributed by atoms with van der Waals surface area (Å²) in [6, 6.07) is 3.25. The van der Waals surface area contributed by atoms with Crippen LogP contribution in [0.25, 0.3) is 4.96 Å². The molecule has 5 nitrogen and oxygen atoms in total. The average Bonchev–Trinajstić information content (AvgIpc) is 3.00. The van der Waals surface area contributed by atoms with Crippen LogP contribution in [0, 0.1) is 6.92 Å². The lowest BCUT2D eigenvalue weighted by atomic mass is 10.3. The molecule has 0 N–H and O–H groups in total. The molecule has 0 bridgehead atoms. The molecule has 0 fully saturated rings. The van der Waals surface area contributed by atoms with E-state index in [0.717, 1.165) is 21.6 Å². The van der Waals surface area contributed by atoms with Gasteiger partial charge in [-0.15, -0.1) is 11.3 Å². The second kappa shape index (κ2) is 5.92. The summed E-state index contributed by atoms with van der Waals surface area (Å²) in [7, 11) is 0. The topological polar surface area (TPSA) is 52.2 Å². The first-order valence-corrected chi connectivity index (χ1v) is 8.43. The van der Waals surface area contributed by atoms with Gasteiger partial charge in [0.2, 0.25) is 0 Å². The molecule has 3 aromatic heterocycles. The van der Waals surface area contributed by atoms with Crippen molar-refractivity contribution in [2.24, 2.45) is 0 Å². The Labute approximate surface area is 138 Å². The van der Waals surface area contributed by atoms with Gasteiger partial charge in [-0.05, 0) is 35.3 Å². The van der Waals surface area contributed by atoms with Crippen molar-refractivity contribution in [3.8, 4) is 0 Å². The Kier molecular flexibility index (Phi) is 4.14. The smallest absolute Gasteiger partial charge is 0.259 e. The van der Waals surface area contributed by atoms with Crippen LogP contribution in [0.4, 0.5) is 4.39 Å². The number of hydrogen-bond donors (Lipinski definition) is 0. The van der Waals surface area contributed by atoms with E-state index in [9.17, 15) is 9.18 Å². The Morgan fingerprint density at radius 3 is 2.82 bits per heavy atom. The fraction of sp³-hybridized carbons (Fsp3) is 0.357. The summed E-state index contributed by atoms with van der Waals surface area (Å²) < 4.78 is 16.8. The maximum absolute atomic E-state index is 12.8. The van der Waals surface area contributed by atoms with Gasteiger partial charge in [0.25, 0.3) is 5.56 Å². The second-order valence-electron chi connectivity index (χ2n) is 4.92. The standard InChI is InChI=1S/C14H14BrFN4OS/c1-3-11-4-9(6-16)18-19(11)7-10-5-12(21)20-13(15)8(2)22-14(20)17-10/h4-5H,3,6-7H2,1-2H3. The highest BCUT2D eigenvalue weighted by Gasteiger charge is 2.13. The van der Waals surface area contributed by atoms with Crippen molar-refractivity contribution in [1.82, 2.24) is 19.2 Å². The highest BCUT2D eigenvalue weighted by Crippen LogP contribution is 2.24. The molecule has 0 radical (unpaired) electrons. The molecule has 3 rings (SSSR count). The predicted molar refractivity (Wildman–Crippen MR) is 87.3 cm³/mol. The number of aryl methyl sites for hydroxylation is 2. The largest absolute Gasteiger partial charge is 0.269 e. The van der Waals surface area contributed by atoms with E-state index in [1.54, 1.807) is 15.1 Å². The summed E-state index contributed by atoms with van der Waals surface area (Å²) in [4.78, 5) is 18.4. The van der Waals surface area contributed by atoms with Gasteiger partial charge < -0.3 is 0 Å². The van der Waals surface area contributed by atoms with Crippen LogP contribution in [-0.4, -0.2) is 19.2 Å². The van der Waals surface area contributed by atoms with Crippen molar-refractivity contribution in [3.63, 3.8) is 0 Å². The zero-order valence-electron chi connectivity index (χ0n) is 12.1. The summed E-state index contributed by atoms with van der Waals surface area (Å²) in [5, 5.41) is 4.21. The van der Waals surface area contributed by atoms with E-state index in [-0.39, 0.29) is 5.56 Å². The highest BCUT2D eigenvalue weighted by molar-refractivity contribution is 9.10. The lowest BCUT2D eigenvalue weighted by Crippen LogP contribution is -2.16. The minimum Gasteiger partial charge on any atom is -0.269 e. The number of hydrogen-bond acceptors (Lipinski definition) is 4. The Balaban J connectivity index is 2.04. The summed E-state index contributed by atoms with van der Waals surface area (Å²) >= 11 is 4.86. The van der Waals surface area contributed by atoms with E-state index in [0.29, 0.717) is 22.9 Å². The van der Waals surface area contributed by atoms with Gasteiger partial charge in [-0.1, -0.05) is 6.92 Å². The van der Waals surface area contributed by atoms with Gasteiger partial charge in [0, 0.05) is 16.6 Å². The molecular formula is C14H14BrFN4OS. The van der Waals surface area contributed by atoms with Crippen molar-refractivity contribution < 1.29 is 4.39 Å². The maximum atomic E-state index is 12.8. The van der Waals surface area contributed by atoms with E-state index >= 15 is 0 Å². The molecule has 0 aromatic carbocycles. The molecule has 0 aliphatic rings. The van der Waals surface area contributed by atoms with E-state index in [1.165, 1.54) is 17.4 Å². The van der Waals surface area contributed by atoms with E-state index < -0.39 is 6.67 Å². The van der Waals surface area contributed by atoms with Crippen LogP contribution in [0.2, 0.25) is 0 Å². The third-order valence-electron chi connectivity index (χ3n) is 3.40. The van der Waals surface area contributed by atoms with Gasteiger partial charge in [-0.3, -0.25) is 9.48 Å². The zero-order valence-corrected chi connectivity index (χ0v) is 14.5. The van der Waals surface area contributed by atoms with Crippen LogP contribution < -0.4 is 5.56 Å². The van der Waals surface area contributed by atoms with Crippen molar-refractivity contribution in [2.45, 2.75) is 33.5 Å². The fourth-order valence-electron chi connectivity index (χ4n) is 2.33. The lowest BCUT2D eigenvalue weighted by Gasteiger charge is -2.05. The van der Waals surface area contributed by atoms with Gasteiger partial charge >= 0.3 is 0 Å². The minimum atomic E-state index is -0.591. The Hall–Kier alpha value is -1.54. The van der Waals surface area contributed by atoms with Gasteiger partial charge in [0.15, 0.2) is 4.96 Å². The minimum absolute atomic E-state index is 0.132.